The van der Waals surface area contributed by atoms with Gasteiger partial charge in [0.05, 0.1) is 29.7 Å². The Labute approximate surface area is 207 Å². The molecule has 10 heteroatoms. The summed E-state index contributed by atoms with van der Waals surface area (Å²) in [6.45, 7) is 5.70. The number of anilines is 2. The third-order valence-electron chi connectivity index (χ3n) is 7.48. The van der Waals surface area contributed by atoms with Gasteiger partial charge in [-0.2, -0.15) is 0 Å². The number of hydrogen-bond acceptors (Lipinski definition) is 7. The van der Waals surface area contributed by atoms with Crippen molar-refractivity contribution in [3.8, 4) is 0 Å². The fraction of sp³-hybridized carbons (Fsp3) is 0.346. The number of nitrogens with one attached hydrogen (secondary N) is 2. The maximum absolute atomic E-state index is 13.9. The first-order chi connectivity index (χ1) is 17.1. The highest BCUT2D eigenvalue weighted by Crippen LogP contribution is 2.54. The maximum Gasteiger partial charge on any atom is 0.338 e. The van der Waals surface area contributed by atoms with Gasteiger partial charge in [-0.3, -0.25) is 24.5 Å². The molecule has 2 aromatic carbocycles. The molecule has 186 valence electrons. The number of carbonyl (C=O) groups is 5. The van der Waals surface area contributed by atoms with Gasteiger partial charge in [0, 0.05) is 23.7 Å². The molecule has 4 amide bonds. The van der Waals surface area contributed by atoms with Gasteiger partial charge in [0.2, 0.25) is 23.6 Å². The van der Waals surface area contributed by atoms with Crippen LogP contribution in [0.2, 0.25) is 0 Å². The van der Waals surface area contributed by atoms with Crippen LogP contribution in [-0.4, -0.2) is 42.2 Å². The normalized spacial score (nSPS) is 26.2. The Bertz CT molecular complexity index is 1340. The van der Waals surface area contributed by atoms with E-state index in [9.17, 15) is 24.0 Å². The zero-order valence-electron chi connectivity index (χ0n) is 20.1. The number of carbonyl (C=O) groups excluding carboxylic acids is 5. The first kappa shape index (κ1) is 23.7. The summed E-state index contributed by atoms with van der Waals surface area (Å²) in [4.78, 5) is 66.1. The third-order valence-corrected chi connectivity index (χ3v) is 7.48. The monoisotopic (exact) mass is 490 g/mol. The quantitative estimate of drug-likeness (QED) is 0.422. The number of nitrogens with two attached hydrogens (primary N) is 1. The second-order valence-corrected chi connectivity index (χ2v) is 9.40. The van der Waals surface area contributed by atoms with Crippen LogP contribution in [0.1, 0.15) is 40.4 Å². The minimum Gasteiger partial charge on any atom is -0.462 e. The van der Waals surface area contributed by atoms with Crippen LogP contribution in [0.4, 0.5) is 11.4 Å². The molecule has 5 rings (SSSR count). The number of ether oxygens (including phenoxy) is 1. The van der Waals surface area contributed by atoms with Gasteiger partial charge >= 0.3 is 5.97 Å². The van der Waals surface area contributed by atoms with Crippen LogP contribution < -0.4 is 21.3 Å². The molecule has 10 nitrogen and oxygen atoms in total. The van der Waals surface area contributed by atoms with E-state index in [-0.39, 0.29) is 24.3 Å². The summed E-state index contributed by atoms with van der Waals surface area (Å²) in [7, 11) is 0. The molecular formula is C26H26N4O6. The number of esters is 1. The average Bonchev–Trinajstić information content (AvgIpc) is 3.41. The number of benzene rings is 2. The second-order valence-electron chi connectivity index (χ2n) is 9.40. The van der Waals surface area contributed by atoms with Gasteiger partial charge in [-0.05, 0) is 56.2 Å². The summed E-state index contributed by atoms with van der Waals surface area (Å²) >= 11 is 0. The summed E-state index contributed by atoms with van der Waals surface area (Å²) in [6, 6.07) is 8.75. The summed E-state index contributed by atoms with van der Waals surface area (Å²) in [5.41, 5.74) is 7.49. The van der Waals surface area contributed by atoms with Gasteiger partial charge in [0.25, 0.3) is 0 Å². The average molecular weight is 491 g/mol. The highest BCUT2D eigenvalue weighted by atomic mass is 16.5. The van der Waals surface area contributed by atoms with Gasteiger partial charge in [-0.25, -0.2) is 9.69 Å². The van der Waals surface area contributed by atoms with Crippen LogP contribution in [0.3, 0.4) is 0 Å². The smallest absolute Gasteiger partial charge is 0.338 e. The summed E-state index contributed by atoms with van der Waals surface area (Å²) in [5, 5.41) is 6.08. The van der Waals surface area contributed by atoms with E-state index in [1.165, 1.54) is 24.3 Å². The van der Waals surface area contributed by atoms with E-state index in [0.717, 1.165) is 16.0 Å². The SMILES string of the molecule is CCOC(=O)c1ccc(N2C(=O)[C@@H]3[C@H](CC(N)=O)N[C@@]4(C(=O)Nc5c4ccc(C)c5C)[C@@H]3C2=O)cc1. The van der Waals surface area contributed by atoms with Crippen molar-refractivity contribution >= 4 is 41.0 Å². The Kier molecular flexibility index (Phi) is 5.44. The molecule has 0 saturated carbocycles. The number of aryl methyl sites for hydroxylation is 1. The highest BCUT2D eigenvalue weighted by Gasteiger charge is 2.70. The molecular weight excluding hydrogens is 464 g/mol. The highest BCUT2D eigenvalue weighted by molar-refractivity contribution is 6.26. The molecule has 0 bridgehead atoms. The third kappa shape index (κ3) is 3.17. The van der Waals surface area contributed by atoms with Crippen molar-refractivity contribution in [2.24, 2.45) is 17.6 Å². The van der Waals surface area contributed by atoms with E-state index in [1.807, 2.05) is 19.9 Å². The first-order valence-corrected chi connectivity index (χ1v) is 11.7. The fourth-order valence-corrected chi connectivity index (χ4v) is 5.73. The molecule has 3 aliphatic rings. The Morgan fingerprint density at radius 3 is 2.39 bits per heavy atom. The minimum absolute atomic E-state index is 0.214. The summed E-state index contributed by atoms with van der Waals surface area (Å²) < 4.78 is 4.99. The Balaban J connectivity index is 1.60. The lowest BCUT2D eigenvalue weighted by Gasteiger charge is -2.29. The molecule has 1 spiro atoms. The Morgan fingerprint density at radius 1 is 1.06 bits per heavy atom. The molecule has 0 radical (unpaired) electrons. The number of imide groups is 1. The molecule has 3 heterocycles. The first-order valence-electron chi connectivity index (χ1n) is 11.7. The predicted octanol–water partition coefficient (Wildman–Crippen LogP) is 1.28. The van der Waals surface area contributed by atoms with Crippen LogP contribution in [0.15, 0.2) is 36.4 Å². The van der Waals surface area contributed by atoms with E-state index in [4.69, 9.17) is 10.5 Å². The molecule has 4 atom stereocenters. The number of amides is 4. The van der Waals surface area contributed by atoms with E-state index in [0.29, 0.717) is 11.3 Å². The second kappa shape index (κ2) is 8.27. The van der Waals surface area contributed by atoms with Crippen LogP contribution in [0, 0.1) is 25.7 Å². The van der Waals surface area contributed by atoms with Gasteiger partial charge in [-0.15, -0.1) is 0 Å². The van der Waals surface area contributed by atoms with Gasteiger partial charge in [0.1, 0.15) is 5.54 Å². The topological polar surface area (TPSA) is 148 Å². The van der Waals surface area contributed by atoms with Crippen molar-refractivity contribution in [3.05, 3.63) is 58.7 Å². The predicted molar refractivity (Wildman–Crippen MR) is 129 cm³/mol. The van der Waals surface area contributed by atoms with Crippen molar-refractivity contribution in [1.82, 2.24) is 5.32 Å². The van der Waals surface area contributed by atoms with Crippen molar-refractivity contribution in [2.75, 3.05) is 16.8 Å². The number of primary amides is 1. The van der Waals surface area contributed by atoms with Gasteiger partial charge in [0.15, 0.2) is 0 Å². The lowest BCUT2D eigenvalue weighted by molar-refractivity contribution is -0.130. The zero-order chi connectivity index (χ0) is 25.9. The van der Waals surface area contributed by atoms with Crippen molar-refractivity contribution in [2.45, 2.75) is 38.8 Å². The molecule has 0 aromatic heterocycles. The summed E-state index contributed by atoms with van der Waals surface area (Å²) in [6.07, 6.45) is -0.217. The lowest BCUT2D eigenvalue weighted by atomic mass is 9.76. The maximum atomic E-state index is 13.9. The zero-order valence-corrected chi connectivity index (χ0v) is 20.1. The van der Waals surface area contributed by atoms with Crippen molar-refractivity contribution in [3.63, 3.8) is 0 Å². The Hall–Kier alpha value is -4.05. The van der Waals surface area contributed by atoms with E-state index in [1.54, 1.807) is 13.0 Å². The lowest BCUT2D eigenvalue weighted by Crippen LogP contribution is -2.53. The molecule has 0 unspecified atom stereocenters. The van der Waals surface area contributed by atoms with Crippen LogP contribution in [0.25, 0.3) is 0 Å². The molecule has 36 heavy (non-hydrogen) atoms. The van der Waals surface area contributed by atoms with E-state index >= 15 is 0 Å². The fourth-order valence-electron chi connectivity index (χ4n) is 5.73. The van der Waals surface area contributed by atoms with Crippen LogP contribution >= 0.6 is 0 Å². The van der Waals surface area contributed by atoms with Crippen molar-refractivity contribution < 1.29 is 28.7 Å². The molecule has 3 aliphatic heterocycles. The van der Waals surface area contributed by atoms with Gasteiger partial charge in [-0.1, -0.05) is 12.1 Å². The standard InChI is InChI=1S/C26H26N4O6/c1-4-36-24(34)14-6-8-15(9-7-14)30-22(32)19-17(11-18(27)31)29-26(20(19)23(30)33)16-10-5-12(2)13(3)21(16)28-25(26)35/h5-10,17,19-20,29H,4,11H2,1-3H3,(H2,27,31)(H,28,35)/t17-,19+,20-,26+/m0/s1. The number of nitrogens with zero attached hydrogens (tertiary/aromatic N) is 1. The molecule has 2 fully saturated rings. The Morgan fingerprint density at radius 2 is 1.75 bits per heavy atom. The minimum atomic E-state index is -1.52. The van der Waals surface area contributed by atoms with Crippen LogP contribution in [-0.2, 0) is 29.5 Å². The van der Waals surface area contributed by atoms with E-state index in [2.05, 4.69) is 10.6 Å². The summed E-state index contributed by atoms with van der Waals surface area (Å²) in [5.74, 6) is -4.78. The largest absolute Gasteiger partial charge is 0.462 e. The number of rotatable bonds is 5. The van der Waals surface area contributed by atoms with E-state index < -0.39 is 53.0 Å². The van der Waals surface area contributed by atoms with Crippen molar-refractivity contribution in [1.29, 1.82) is 0 Å². The molecule has 2 aromatic rings. The van der Waals surface area contributed by atoms with Crippen LogP contribution in [0.5, 0.6) is 0 Å². The number of hydrogen-bond donors (Lipinski definition) is 3. The molecule has 4 N–H and O–H groups in total. The van der Waals surface area contributed by atoms with Gasteiger partial charge < -0.3 is 15.8 Å². The molecule has 0 aliphatic carbocycles. The number of fused-ring (bicyclic) bond motifs is 4. The molecule has 2 saturated heterocycles.